The lowest BCUT2D eigenvalue weighted by atomic mass is 10.2. The van der Waals surface area contributed by atoms with Crippen molar-refractivity contribution in [2.45, 2.75) is 6.92 Å². The van der Waals surface area contributed by atoms with Crippen molar-refractivity contribution in [1.29, 1.82) is 0 Å². The number of aryl methyl sites for hydroxylation is 1. The van der Waals surface area contributed by atoms with Crippen molar-refractivity contribution in [3.8, 4) is 10.4 Å². The summed E-state index contributed by atoms with van der Waals surface area (Å²) in [7, 11) is 0. The van der Waals surface area contributed by atoms with Gasteiger partial charge in [0.15, 0.2) is 0 Å². The quantitative estimate of drug-likeness (QED) is 0.633. The summed E-state index contributed by atoms with van der Waals surface area (Å²) in [4.78, 5) is 5.82. The van der Waals surface area contributed by atoms with E-state index in [2.05, 4.69) is 4.98 Å². The number of hydrogen-bond donors (Lipinski definition) is 0. The van der Waals surface area contributed by atoms with Crippen LogP contribution in [0.5, 0.6) is 0 Å². The Labute approximate surface area is 79.9 Å². The van der Waals surface area contributed by atoms with Crippen molar-refractivity contribution >= 4 is 11.3 Å². The molecule has 0 atom stereocenters. The average molecular weight is 193 g/mol. The third-order valence-corrected chi connectivity index (χ3v) is 2.80. The zero-order chi connectivity index (χ0) is 9.26. The highest BCUT2D eigenvalue weighted by Crippen LogP contribution is 2.27. The maximum atomic E-state index is 12.8. The van der Waals surface area contributed by atoms with Gasteiger partial charge in [0.25, 0.3) is 0 Å². The van der Waals surface area contributed by atoms with E-state index in [1.807, 2.05) is 25.1 Å². The van der Waals surface area contributed by atoms with Crippen LogP contribution in [-0.2, 0) is 0 Å². The number of nitrogens with zero attached hydrogens (tertiary/aromatic N) is 1. The molecule has 2 heterocycles. The molecule has 0 aromatic carbocycles. The molecule has 0 aliphatic carbocycles. The van der Waals surface area contributed by atoms with Gasteiger partial charge in [-0.2, -0.15) is 4.39 Å². The molecule has 66 valence electrons. The Balaban J connectivity index is 2.46. The number of rotatable bonds is 1. The van der Waals surface area contributed by atoms with Crippen LogP contribution < -0.4 is 0 Å². The van der Waals surface area contributed by atoms with Gasteiger partial charge >= 0.3 is 0 Å². The van der Waals surface area contributed by atoms with Crippen LogP contribution in [0.4, 0.5) is 4.39 Å². The van der Waals surface area contributed by atoms with Gasteiger partial charge in [-0.05, 0) is 30.7 Å². The van der Waals surface area contributed by atoms with Gasteiger partial charge in [-0.1, -0.05) is 0 Å². The van der Waals surface area contributed by atoms with E-state index in [0.717, 1.165) is 10.4 Å². The molecule has 0 spiro atoms. The van der Waals surface area contributed by atoms with E-state index >= 15 is 0 Å². The van der Waals surface area contributed by atoms with E-state index in [-0.39, 0.29) is 0 Å². The molecule has 0 radical (unpaired) electrons. The predicted octanol–water partition coefficient (Wildman–Crippen LogP) is 3.26. The number of pyridine rings is 1. The van der Waals surface area contributed by atoms with Crippen molar-refractivity contribution in [3.05, 3.63) is 41.3 Å². The Morgan fingerprint density at radius 1 is 1.31 bits per heavy atom. The molecule has 0 unspecified atom stereocenters. The van der Waals surface area contributed by atoms with Crippen molar-refractivity contribution in [1.82, 2.24) is 4.98 Å². The first kappa shape index (κ1) is 8.38. The van der Waals surface area contributed by atoms with E-state index in [1.54, 1.807) is 11.3 Å². The summed E-state index contributed by atoms with van der Waals surface area (Å²) in [5, 5.41) is 0. The number of hydrogen-bond acceptors (Lipinski definition) is 2. The largest absolute Gasteiger partial charge is 0.228 e. The van der Waals surface area contributed by atoms with E-state index < -0.39 is 5.95 Å². The van der Waals surface area contributed by atoms with E-state index in [9.17, 15) is 4.39 Å². The van der Waals surface area contributed by atoms with Crippen molar-refractivity contribution < 1.29 is 4.39 Å². The van der Waals surface area contributed by atoms with Crippen LogP contribution in [0.2, 0.25) is 0 Å². The molecule has 0 amide bonds. The molecule has 0 fully saturated rings. The molecular formula is C10H8FNS. The lowest BCUT2D eigenvalue weighted by Crippen LogP contribution is -1.80. The highest BCUT2D eigenvalue weighted by molar-refractivity contribution is 7.15. The molecule has 13 heavy (non-hydrogen) atoms. The van der Waals surface area contributed by atoms with E-state index in [1.165, 1.54) is 17.1 Å². The molecule has 0 N–H and O–H groups in total. The Kier molecular flexibility index (Phi) is 2.10. The van der Waals surface area contributed by atoms with Gasteiger partial charge < -0.3 is 0 Å². The van der Waals surface area contributed by atoms with Gasteiger partial charge in [0, 0.05) is 22.0 Å². The van der Waals surface area contributed by atoms with Crippen LogP contribution in [0.3, 0.4) is 0 Å². The zero-order valence-electron chi connectivity index (χ0n) is 7.12. The first-order valence-corrected chi connectivity index (χ1v) is 4.76. The second kappa shape index (κ2) is 3.26. The molecule has 2 aromatic heterocycles. The Hall–Kier alpha value is -1.22. The smallest absolute Gasteiger partial charge is 0.213 e. The molecule has 0 aliphatic heterocycles. The minimum atomic E-state index is -0.427. The molecule has 0 saturated carbocycles. The fourth-order valence-corrected chi connectivity index (χ4v) is 2.01. The summed E-state index contributed by atoms with van der Waals surface area (Å²) < 4.78 is 12.8. The normalized spacial score (nSPS) is 10.3. The second-order valence-corrected chi connectivity index (χ2v) is 4.07. The number of thiophene rings is 1. The van der Waals surface area contributed by atoms with Gasteiger partial charge in [0.1, 0.15) is 0 Å². The molecule has 1 nitrogen and oxygen atoms in total. The molecular weight excluding hydrogens is 185 g/mol. The third-order valence-electron chi connectivity index (χ3n) is 1.75. The maximum absolute atomic E-state index is 12.8. The van der Waals surface area contributed by atoms with Gasteiger partial charge in [0.05, 0.1) is 0 Å². The summed E-state index contributed by atoms with van der Waals surface area (Å²) >= 11 is 1.66. The Morgan fingerprint density at radius 2 is 2.15 bits per heavy atom. The molecule has 0 bridgehead atoms. The van der Waals surface area contributed by atoms with Gasteiger partial charge in [-0.15, -0.1) is 11.3 Å². The van der Waals surface area contributed by atoms with Gasteiger partial charge in [-0.25, -0.2) is 4.98 Å². The lowest BCUT2D eigenvalue weighted by molar-refractivity contribution is 0.584. The van der Waals surface area contributed by atoms with Crippen LogP contribution in [0.15, 0.2) is 30.5 Å². The highest BCUT2D eigenvalue weighted by atomic mass is 32.1. The van der Waals surface area contributed by atoms with E-state index in [0.29, 0.717) is 0 Å². The second-order valence-electron chi connectivity index (χ2n) is 2.78. The van der Waals surface area contributed by atoms with Gasteiger partial charge in [-0.3, -0.25) is 0 Å². The SMILES string of the molecule is Cc1ccc(-c2ccnc(F)c2)s1. The fourth-order valence-electron chi connectivity index (χ4n) is 1.15. The number of halogens is 1. The summed E-state index contributed by atoms with van der Waals surface area (Å²) in [6.07, 6.45) is 1.49. The van der Waals surface area contributed by atoms with Crippen LogP contribution in [-0.4, -0.2) is 4.98 Å². The van der Waals surface area contributed by atoms with Crippen LogP contribution in [0.25, 0.3) is 10.4 Å². The highest BCUT2D eigenvalue weighted by Gasteiger charge is 2.01. The van der Waals surface area contributed by atoms with Crippen molar-refractivity contribution in [2.75, 3.05) is 0 Å². The predicted molar refractivity (Wildman–Crippen MR) is 52.2 cm³/mol. The van der Waals surface area contributed by atoms with Crippen molar-refractivity contribution in [3.63, 3.8) is 0 Å². The van der Waals surface area contributed by atoms with Crippen LogP contribution >= 0.6 is 11.3 Å². The van der Waals surface area contributed by atoms with Gasteiger partial charge in [0.2, 0.25) is 5.95 Å². The van der Waals surface area contributed by atoms with Crippen molar-refractivity contribution in [2.24, 2.45) is 0 Å². The molecule has 2 aromatic rings. The zero-order valence-corrected chi connectivity index (χ0v) is 7.94. The standard InChI is InChI=1S/C10H8FNS/c1-7-2-3-9(13-7)8-4-5-12-10(11)6-8/h2-6H,1H3. The summed E-state index contributed by atoms with van der Waals surface area (Å²) in [6, 6.07) is 7.28. The monoisotopic (exact) mass is 193 g/mol. The maximum Gasteiger partial charge on any atom is 0.213 e. The molecule has 0 saturated heterocycles. The van der Waals surface area contributed by atoms with E-state index in [4.69, 9.17) is 0 Å². The van der Waals surface area contributed by atoms with Crippen LogP contribution in [0.1, 0.15) is 4.88 Å². The Morgan fingerprint density at radius 3 is 2.77 bits per heavy atom. The minimum Gasteiger partial charge on any atom is -0.228 e. The summed E-state index contributed by atoms with van der Waals surface area (Å²) in [6.45, 7) is 2.03. The van der Waals surface area contributed by atoms with Crippen LogP contribution in [0, 0.1) is 12.9 Å². The first-order chi connectivity index (χ1) is 6.25. The minimum absolute atomic E-state index is 0.427. The molecule has 2 rings (SSSR count). The average Bonchev–Trinajstić information content (AvgIpc) is 2.52. The third kappa shape index (κ3) is 1.75. The summed E-state index contributed by atoms with van der Waals surface area (Å²) in [5.41, 5.74) is 0.894. The topological polar surface area (TPSA) is 12.9 Å². The fraction of sp³-hybridized carbons (Fsp3) is 0.100. The molecule has 0 aliphatic rings. The Bertz CT molecular complexity index is 422. The summed E-state index contributed by atoms with van der Waals surface area (Å²) in [5.74, 6) is -0.427. The lowest BCUT2D eigenvalue weighted by Gasteiger charge is -1.95. The number of aromatic nitrogens is 1. The molecule has 3 heteroatoms. The first-order valence-electron chi connectivity index (χ1n) is 3.94.